The van der Waals surface area contributed by atoms with Crippen molar-refractivity contribution in [3.63, 3.8) is 0 Å². The lowest BCUT2D eigenvalue weighted by Gasteiger charge is -1.99. The second-order valence-electron chi connectivity index (χ2n) is 1.79. The standard InChI is InChI=1S/C6H8N2O2/c1-10-4-2-3-8-6(9)5(4)7/h2-3H,7H2,1H3,(H,8,9). The predicted molar refractivity (Wildman–Crippen MR) is 38.0 cm³/mol. The van der Waals surface area contributed by atoms with Crippen LogP contribution >= 0.6 is 0 Å². The summed E-state index contributed by atoms with van der Waals surface area (Å²) >= 11 is 0. The first kappa shape index (κ1) is 6.67. The molecule has 4 heteroatoms. The maximum atomic E-state index is 10.7. The van der Waals surface area contributed by atoms with Crippen LogP contribution in [0.1, 0.15) is 0 Å². The zero-order valence-corrected chi connectivity index (χ0v) is 5.55. The normalized spacial score (nSPS) is 9.30. The van der Waals surface area contributed by atoms with Gasteiger partial charge in [-0.2, -0.15) is 0 Å². The van der Waals surface area contributed by atoms with E-state index in [0.717, 1.165) is 0 Å². The van der Waals surface area contributed by atoms with Crippen molar-refractivity contribution in [2.24, 2.45) is 0 Å². The van der Waals surface area contributed by atoms with Gasteiger partial charge < -0.3 is 15.5 Å². The van der Waals surface area contributed by atoms with Crippen molar-refractivity contribution in [3.05, 3.63) is 22.6 Å². The van der Waals surface area contributed by atoms with Crippen LogP contribution in [0.25, 0.3) is 0 Å². The second-order valence-corrected chi connectivity index (χ2v) is 1.79. The van der Waals surface area contributed by atoms with Gasteiger partial charge >= 0.3 is 0 Å². The summed E-state index contributed by atoms with van der Waals surface area (Å²) in [6.45, 7) is 0. The molecule has 0 saturated carbocycles. The first-order chi connectivity index (χ1) is 4.75. The quantitative estimate of drug-likeness (QED) is 0.575. The summed E-state index contributed by atoms with van der Waals surface area (Å²) in [4.78, 5) is 13.2. The van der Waals surface area contributed by atoms with E-state index < -0.39 is 0 Å². The highest BCUT2D eigenvalue weighted by Crippen LogP contribution is 2.12. The Labute approximate surface area is 57.6 Å². The Morgan fingerprint density at radius 2 is 2.40 bits per heavy atom. The maximum Gasteiger partial charge on any atom is 0.274 e. The van der Waals surface area contributed by atoms with Crippen molar-refractivity contribution in [1.29, 1.82) is 0 Å². The Morgan fingerprint density at radius 1 is 1.70 bits per heavy atom. The fourth-order valence-corrected chi connectivity index (χ4v) is 0.650. The third kappa shape index (κ3) is 0.953. The molecule has 0 aromatic carbocycles. The van der Waals surface area contributed by atoms with Crippen LogP contribution in [0.2, 0.25) is 0 Å². The Kier molecular flexibility index (Phi) is 1.62. The van der Waals surface area contributed by atoms with Gasteiger partial charge in [0.25, 0.3) is 5.56 Å². The molecule has 4 nitrogen and oxygen atoms in total. The molecule has 0 aliphatic heterocycles. The molecule has 0 atom stereocenters. The summed E-state index contributed by atoms with van der Waals surface area (Å²) in [5.74, 6) is 0.406. The van der Waals surface area contributed by atoms with E-state index in [4.69, 9.17) is 10.5 Å². The van der Waals surface area contributed by atoms with E-state index in [1.165, 1.54) is 13.3 Å². The minimum absolute atomic E-state index is 0.116. The van der Waals surface area contributed by atoms with Gasteiger partial charge in [0.1, 0.15) is 11.4 Å². The molecule has 3 N–H and O–H groups in total. The molecule has 1 rings (SSSR count). The molecule has 0 saturated heterocycles. The molecule has 0 fully saturated rings. The highest BCUT2D eigenvalue weighted by Gasteiger charge is 1.99. The number of nitrogen functional groups attached to an aromatic ring is 1. The van der Waals surface area contributed by atoms with E-state index in [1.54, 1.807) is 6.07 Å². The molecule has 10 heavy (non-hydrogen) atoms. The maximum absolute atomic E-state index is 10.7. The lowest BCUT2D eigenvalue weighted by atomic mass is 10.4. The number of aromatic nitrogens is 1. The first-order valence-electron chi connectivity index (χ1n) is 2.77. The highest BCUT2D eigenvalue weighted by molar-refractivity contribution is 5.49. The number of pyridine rings is 1. The van der Waals surface area contributed by atoms with Gasteiger partial charge in [0.2, 0.25) is 0 Å². The number of nitrogens with one attached hydrogen (secondary N) is 1. The van der Waals surface area contributed by atoms with E-state index in [-0.39, 0.29) is 11.2 Å². The van der Waals surface area contributed by atoms with E-state index in [1.807, 2.05) is 0 Å². The first-order valence-corrected chi connectivity index (χ1v) is 2.77. The summed E-state index contributed by atoms with van der Waals surface area (Å²) in [5.41, 5.74) is 5.12. The van der Waals surface area contributed by atoms with E-state index in [9.17, 15) is 4.79 Å². The highest BCUT2D eigenvalue weighted by atomic mass is 16.5. The third-order valence-corrected chi connectivity index (χ3v) is 1.18. The molecule has 1 aromatic heterocycles. The predicted octanol–water partition coefficient (Wildman–Crippen LogP) is -0.0343. The number of anilines is 1. The van der Waals surface area contributed by atoms with Gasteiger partial charge in [-0.25, -0.2) is 0 Å². The Hall–Kier alpha value is -1.45. The number of hydrogen-bond acceptors (Lipinski definition) is 3. The zero-order chi connectivity index (χ0) is 7.56. The molecule has 0 aliphatic carbocycles. The summed E-state index contributed by atoms with van der Waals surface area (Å²) in [5, 5.41) is 0. The van der Waals surface area contributed by atoms with Gasteiger partial charge in [-0.15, -0.1) is 0 Å². The SMILES string of the molecule is COc1cc[nH]c(=O)c1N. The number of methoxy groups -OCH3 is 1. The Bertz CT molecular complexity index is 279. The summed E-state index contributed by atoms with van der Waals surface area (Å²) in [6.07, 6.45) is 1.48. The van der Waals surface area contributed by atoms with Crippen molar-refractivity contribution in [3.8, 4) is 5.75 Å². The van der Waals surface area contributed by atoms with Gasteiger partial charge in [0, 0.05) is 6.20 Å². The number of aromatic amines is 1. The van der Waals surface area contributed by atoms with Crippen LogP contribution in [0.15, 0.2) is 17.1 Å². The summed E-state index contributed by atoms with van der Waals surface area (Å²) < 4.78 is 4.78. The molecule has 0 aliphatic rings. The van der Waals surface area contributed by atoms with Crippen LogP contribution < -0.4 is 16.0 Å². The Balaban J connectivity index is 3.28. The summed E-state index contributed by atoms with van der Waals surface area (Å²) in [6, 6.07) is 1.59. The van der Waals surface area contributed by atoms with Crippen LogP contribution in [0.5, 0.6) is 5.75 Å². The van der Waals surface area contributed by atoms with Crippen LogP contribution in [0.3, 0.4) is 0 Å². The van der Waals surface area contributed by atoms with Gasteiger partial charge in [-0.05, 0) is 6.07 Å². The van der Waals surface area contributed by atoms with Crippen LogP contribution in [0.4, 0.5) is 5.69 Å². The molecule has 0 spiro atoms. The van der Waals surface area contributed by atoms with Crippen molar-refractivity contribution < 1.29 is 4.74 Å². The number of hydrogen-bond donors (Lipinski definition) is 2. The molecule has 1 heterocycles. The minimum atomic E-state index is -0.320. The van der Waals surface area contributed by atoms with Crippen LogP contribution in [-0.2, 0) is 0 Å². The molecule has 0 amide bonds. The molecular weight excluding hydrogens is 132 g/mol. The molecule has 0 radical (unpaired) electrons. The molecule has 0 bridgehead atoms. The minimum Gasteiger partial charge on any atom is -0.494 e. The molecule has 1 aromatic rings. The molecule has 54 valence electrons. The topological polar surface area (TPSA) is 68.1 Å². The van der Waals surface area contributed by atoms with Crippen LogP contribution in [0, 0.1) is 0 Å². The average Bonchev–Trinajstić information content (AvgIpc) is 1.95. The number of nitrogens with two attached hydrogens (primary N) is 1. The van der Waals surface area contributed by atoms with Gasteiger partial charge in [-0.3, -0.25) is 4.79 Å². The smallest absolute Gasteiger partial charge is 0.274 e. The Morgan fingerprint density at radius 3 is 2.90 bits per heavy atom. The third-order valence-electron chi connectivity index (χ3n) is 1.18. The monoisotopic (exact) mass is 140 g/mol. The largest absolute Gasteiger partial charge is 0.494 e. The fourth-order valence-electron chi connectivity index (χ4n) is 0.650. The number of rotatable bonds is 1. The lowest BCUT2D eigenvalue weighted by molar-refractivity contribution is 0.416. The van der Waals surface area contributed by atoms with Crippen molar-refractivity contribution in [2.45, 2.75) is 0 Å². The second kappa shape index (κ2) is 2.43. The van der Waals surface area contributed by atoms with Gasteiger partial charge in [0.15, 0.2) is 0 Å². The summed E-state index contributed by atoms with van der Waals surface area (Å²) in [7, 11) is 1.46. The number of ether oxygens (including phenoxy) is 1. The molecule has 0 unspecified atom stereocenters. The van der Waals surface area contributed by atoms with E-state index in [2.05, 4.69) is 4.98 Å². The van der Waals surface area contributed by atoms with Gasteiger partial charge in [0.05, 0.1) is 7.11 Å². The van der Waals surface area contributed by atoms with Gasteiger partial charge in [-0.1, -0.05) is 0 Å². The van der Waals surface area contributed by atoms with E-state index >= 15 is 0 Å². The van der Waals surface area contributed by atoms with Crippen molar-refractivity contribution in [1.82, 2.24) is 4.98 Å². The molecular formula is C6H8N2O2. The zero-order valence-electron chi connectivity index (χ0n) is 5.55. The van der Waals surface area contributed by atoms with E-state index in [0.29, 0.717) is 5.75 Å². The van der Waals surface area contributed by atoms with Crippen LogP contribution in [-0.4, -0.2) is 12.1 Å². The fraction of sp³-hybridized carbons (Fsp3) is 0.167. The average molecular weight is 140 g/mol. The lowest BCUT2D eigenvalue weighted by Crippen LogP contribution is -2.11. The van der Waals surface area contributed by atoms with Crippen molar-refractivity contribution in [2.75, 3.05) is 12.8 Å². The van der Waals surface area contributed by atoms with Crippen molar-refractivity contribution >= 4 is 5.69 Å². The number of H-pyrrole nitrogens is 1.